The van der Waals surface area contributed by atoms with Crippen molar-refractivity contribution in [2.24, 2.45) is 0 Å². The molecule has 1 heterocycles. The number of rotatable bonds is 4. The molecule has 2 amide bonds. The van der Waals surface area contributed by atoms with E-state index in [0.717, 1.165) is 23.7 Å². The number of benzene rings is 1. The second kappa shape index (κ2) is 9.02. The van der Waals surface area contributed by atoms with Crippen LogP contribution in [0.4, 0.5) is 5.69 Å². The minimum absolute atomic E-state index is 0. The summed E-state index contributed by atoms with van der Waals surface area (Å²) in [5, 5.41) is 6.21. The average molecular weight is 344 g/mol. The van der Waals surface area contributed by atoms with Gasteiger partial charge in [0.15, 0.2) is 0 Å². The van der Waals surface area contributed by atoms with Crippen molar-refractivity contribution in [3.8, 4) is 0 Å². The Balaban J connectivity index is 0.00000242. The first-order valence-corrected chi connectivity index (χ1v) is 8.14. The summed E-state index contributed by atoms with van der Waals surface area (Å²) >= 11 is 1.87. The quantitative estimate of drug-likeness (QED) is 0.875. The van der Waals surface area contributed by atoms with E-state index in [4.69, 9.17) is 0 Å². The van der Waals surface area contributed by atoms with Crippen molar-refractivity contribution in [2.45, 2.75) is 12.5 Å². The molecule has 7 heteroatoms. The Labute approximate surface area is 141 Å². The standard InChI is InChI=1S/C15H21N3O2S.ClH/c1-18(2)15(20)11-3-5-12(6-4-11)17-14(19)9-13-10-21-8-7-16-13;/h3-6,13,16H,7-10H2,1-2H3,(H,17,19);1H. The molecule has 0 saturated carbocycles. The number of amides is 2. The Morgan fingerprint density at radius 2 is 2.00 bits per heavy atom. The van der Waals surface area contributed by atoms with Crippen molar-refractivity contribution in [2.75, 3.05) is 37.5 Å². The Hall–Kier alpha value is -1.24. The van der Waals surface area contributed by atoms with Gasteiger partial charge in [-0.1, -0.05) is 0 Å². The third-order valence-electron chi connectivity index (χ3n) is 3.25. The van der Waals surface area contributed by atoms with Crippen LogP contribution < -0.4 is 10.6 Å². The van der Waals surface area contributed by atoms with E-state index >= 15 is 0 Å². The molecule has 122 valence electrons. The number of nitrogens with zero attached hydrogens (tertiary/aromatic N) is 1. The first-order valence-electron chi connectivity index (χ1n) is 6.99. The first-order chi connectivity index (χ1) is 10.1. The van der Waals surface area contributed by atoms with E-state index in [2.05, 4.69) is 10.6 Å². The molecule has 1 aliphatic rings. The van der Waals surface area contributed by atoms with E-state index in [1.807, 2.05) is 11.8 Å². The summed E-state index contributed by atoms with van der Waals surface area (Å²) < 4.78 is 0. The van der Waals surface area contributed by atoms with Crippen LogP contribution in [0.25, 0.3) is 0 Å². The summed E-state index contributed by atoms with van der Waals surface area (Å²) in [7, 11) is 3.43. The molecule has 0 bridgehead atoms. The van der Waals surface area contributed by atoms with E-state index < -0.39 is 0 Å². The molecule has 1 aromatic rings. The number of carbonyl (C=O) groups is 2. The summed E-state index contributed by atoms with van der Waals surface area (Å²) in [5.41, 5.74) is 1.34. The molecule has 1 fully saturated rings. The second-order valence-electron chi connectivity index (χ2n) is 5.26. The number of halogens is 1. The maximum absolute atomic E-state index is 12.0. The summed E-state index contributed by atoms with van der Waals surface area (Å²) in [5.74, 6) is 2.04. The van der Waals surface area contributed by atoms with Gasteiger partial charge in [0, 0.05) is 55.9 Å². The van der Waals surface area contributed by atoms with Gasteiger partial charge in [-0.2, -0.15) is 11.8 Å². The fourth-order valence-electron chi connectivity index (χ4n) is 2.14. The van der Waals surface area contributed by atoms with Crippen molar-refractivity contribution in [1.82, 2.24) is 10.2 Å². The van der Waals surface area contributed by atoms with Crippen molar-refractivity contribution in [1.29, 1.82) is 0 Å². The smallest absolute Gasteiger partial charge is 0.253 e. The maximum Gasteiger partial charge on any atom is 0.253 e. The predicted octanol–water partition coefficient (Wildman–Crippen LogP) is 1.84. The molecule has 22 heavy (non-hydrogen) atoms. The number of thioether (sulfide) groups is 1. The molecule has 1 saturated heterocycles. The van der Waals surface area contributed by atoms with Crippen LogP contribution in [0.1, 0.15) is 16.8 Å². The van der Waals surface area contributed by atoms with Crippen LogP contribution in [0.5, 0.6) is 0 Å². The van der Waals surface area contributed by atoms with Gasteiger partial charge in [0.25, 0.3) is 5.91 Å². The number of nitrogens with one attached hydrogen (secondary N) is 2. The SMILES string of the molecule is CN(C)C(=O)c1ccc(NC(=O)CC2CSCCN2)cc1.Cl. The number of anilines is 1. The largest absolute Gasteiger partial charge is 0.345 e. The van der Waals surface area contributed by atoms with Gasteiger partial charge in [0.2, 0.25) is 5.91 Å². The normalized spacial score (nSPS) is 17.3. The molecule has 1 aromatic carbocycles. The molecule has 2 rings (SSSR count). The number of carbonyl (C=O) groups excluding carboxylic acids is 2. The number of hydrogen-bond acceptors (Lipinski definition) is 4. The van der Waals surface area contributed by atoms with E-state index in [-0.39, 0.29) is 30.3 Å². The highest BCUT2D eigenvalue weighted by Gasteiger charge is 2.16. The lowest BCUT2D eigenvalue weighted by Crippen LogP contribution is -2.39. The van der Waals surface area contributed by atoms with Gasteiger partial charge in [-0.25, -0.2) is 0 Å². The molecular weight excluding hydrogens is 322 g/mol. The minimum atomic E-state index is -0.0451. The van der Waals surface area contributed by atoms with E-state index in [1.54, 1.807) is 38.4 Å². The topological polar surface area (TPSA) is 61.4 Å². The summed E-state index contributed by atoms with van der Waals surface area (Å²) in [6, 6.07) is 7.23. The monoisotopic (exact) mass is 343 g/mol. The highest BCUT2D eigenvalue weighted by molar-refractivity contribution is 7.99. The molecule has 0 spiro atoms. The molecule has 1 aliphatic heterocycles. The van der Waals surface area contributed by atoms with Gasteiger partial charge in [0.05, 0.1) is 0 Å². The lowest BCUT2D eigenvalue weighted by atomic mass is 10.1. The zero-order chi connectivity index (χ0) is 15.2. The van der Waals surface area contributed by atoms with Gasteiger partial charge >= 0.3 is 0 Å². The van der Waals surface area contributed by atoms with Crippen LogP contribution in [-0.4, -0.2) is 54.9 Å². The first kappa shape index (κ1) is 18.8. The van der Waals surface area contributed by atoms with Gasteiger partial charge < -0.3 is 15.5 Å². The van der Waals surface area contributed by atoms with E-state index in [1.165, 1.54) is 4.90 Å². The van der Waals surface area contributed by atoms with Crippen LogP contribution in [0, 0.1) is 0 Å². The lowest BCUT2D eigenvalue weighted by Gasteiger charge is -2.22. The molecule has 0 aliphatic carbocycles. The van der Waals surface area contributed by atoms with E-state index in [9.17, 15) is 9.59 Å². The average Bonchev–Trinajstić information content (AvgIpc) is 2.48. The van der Waals surface area contributed by atoms with Gasteiger partial charge in [0.1, 0.15) is 0 Å². The summed E-state index contributed by atoms with van der Waals surface area (Å²) in [6.07, 6.45) is 0.478. The Bertz CT molecular complexity index is 502. The molecule has 1 unspecified atom stereocenters. The third-order valence-corrected chi connectivity index (χ3v) is 4.38. The van der Waals surface area contributed by atoms with Crippen LogP contribution in [0.3, 0.4) is 0 Å². The van der Waals surface area contributed by atoms with Crippen molar-refractivity contribution < 1.29 is 9.59 Å². The Morgan fingerprint density at radius 3 is 2.55 bits per heavy atom. The van der Waals surface area contributed by atoms with Crippen LogP contribution in [0.2, 0.25) is 0 Å². The number of hydrogen-bond donors (Lipinski definition) is 2. The third kappa shape index (κ3) is 5.51. The molecule has 2 N–H and O–H groups in total. The minimum Gasteiger partial charge on any atom is -0.345 e. The van der Waals surface area contributed by atoms with Crippen molar-refractivity contribution in [3.05, 3.63) is 29.8 Å². The predicted molar refractivity (Wildman–Crippen MR) is 94.1 cm³/mol. The van der Waals surface area contributed by atoms with Crippen LogP contribution in [0.15, 0.2) is 24.3 Å². The lowest BCUT2D eigenvalue weighted by molar-refractivity contribution is -0.116. The fourth-order valence-corrected chi connectivity index (χ4v) is 3.09. The molecule has 1 atom stereocenters. The Morgan fingerprint density at radius 1 is 1.32 bits per heavy atom. The van der Waals surface area contributed by atoms with Gasteiger partial charge in [-0.3, -0.25) is 9.59 Å². The highest BCUT2D eigenvalue weighted by Crippen LogP contribution is 2.14. The second-order valence-corrected chi connectivity index (χ2v) is 6.41. The highest BCUT2D eigenvalue weighted by atomic mass is 35.5. The molecule has 5 nitrogen and oxygen atoms in total. The van der Waals surface area contributed by atoms with Crippen molar-refractivity contribution in [3.63, 3.8) is 0 Å². The summed E-state index contributed by atoms with van der Waals surface area (Å²) in [6.45, 7) is 0.962. The molecular formula is C15H22ClN3O2S. The molecule has 0 radical (unpaired) electrons. The summed E-state index contributed by atoms with van der Waals surface area (Å²) in [4.78, 5) is 25.3. The van der Waals surface area contributed by atoms with Crippen molar-refractivity contribution >= 4 is 41.7 Å². The maximum atomic E-state index is 12.0. The van der Waals surface area contributed by atoms with Gasteiger partial charge in [-0.05, 0) is 24.3 Å². The van der Waals surface area contributed by atoms with Crippen LogP contribution in [-0.2, 0) is 4.79 Å². The van der Waals surface area contributed by atoms with E-state index in [0.29, 0.717) is 12.0 Å². The zero-order valence-electron chi connectivity index (χ0n) is 12.8. The van der Waals surface area contributed by atoms with Gasteiger partial charge in [-0.15, -0.1) is 12.4 Å². The fraction of sp³-hybridized carbons (Fsp3) is 0.467. The van der Waals surface area contributed by atoms with Crippen LogP contribution >= 0.6 is 24.2 Å². The Kier molecular flexibility index (Phi) is 7.72. The molecule has 0 aromatic heterocycles. The zero-order valence-corrected chi connectivity index (χ0v) is 14.4.